The van der Waals surface area contributed by atoms with Crippen LogP contribution in [0, 0.1) is 0 Å². The van der Waals surface area contributed by atoms with Crippen molar-refractivity contribution < 1.29 is 18.0 Å². The molecule has 0 spiro atoms. The van der Waals surface area contributed by atoms with Gasteiger partial charge in [0, 0.05) is 48.4 Å². The summed E-state index contributed by atoms with van der Waals surface area (Å²) in [5.74, 6) is -0.502. The summed E-state index contributed by atoms with van der Waals surface area (Å²) in [5, 5.41) is 10.7. The van der Waals surface area contributed by atoms with E-state index >= 15 is 0 Å². The van der Waals surface area contributed by atoms with Gasteiger partial charge in [-0.15, -0.1) is 0 Å². The Labute approximate surface area is 258 Å². The average Bonchev–Trinajstić information content (AvgIpc) is 2.86. The highest BCUT2D eigenvalue weighted by molar-refractivity contribution is 8.13. The van der Waals surface area contributed by atoms with Gasteiger partial charge in [-0.25, -0.2) is 4.99 Å². The molecule has 5 nitrogen and oxygen atoms in total. The van der Waals surface area contributed by atoms with E-state index in [0.717, 1.165) is 12.1 Å². The van der Waals surface area contributed by atoms with Crippen molar-refractivity contribution in [2.45, 2.75) is 6.18 Å². The minimum Gasteiger partial charge on any atom is -0.355 e. The summed E-state index contributed by atoms with van der Waals surface area (Å²) < 4.78 is 39.8. The Kier molecular flexibility index (Phi) is 9.99. The fourth-order valence-electron chi connectivity index (χ4n) is 3.64. The number of aliphatic imine (C=N–C) groups is 1. The van der Waals surface area contributed by atoms with Crippen LogP contribution in [0.2, 0.25) is 20.1 Å². The predicted molar refractivity (Wildman–Crippen MR) is 166 cm³/mol. The Balaban J connectivity index is 1.71. The molecule has 0 aliphatic rings. The molecule has 212 valence electrons. The van der Waals surface area contributed by atoms with Gasteiger partial charge in [0.05, 0.1) is 11.3 Å². The Morgan fingerprint density at radius 2 is 1.32 bits per heavy atom. The zero-order valence-electron chi connectivity index (χ0n) is 20.9. The highest BCUT2D eigenvalue weighted by Crippen LogP contribution is 2.33. The maximum absolute atomic E-state index is 13.3. The first kappa shape index (κ1) is 30.9. The first-order chi connectivity index (χ1) is 19.4. The Morgan fingerprint density at radius 3 is 1.93 bits per heavy atom. The Hall–Kier alpha value is -3.08. The third kappa shape index (κ3) is 8.95. The normalized spacial score (nSPS) is 11.8. The van der Waals surface area contributed by atoms with E-state index < -0.39 is 17.6 Å². The van der Waals surface area contributed by atoms with Crippen molar-refractivity contribution in [3.8, 4) is 0 Å². The molecule has 0 aliphatic heterocycles. The van der Waals surface area contributed by atoms with Gasteiger partial charge in [0.1, 0.15) is 0 Å². The predicted octanol–water partition coefficient (Wildman–Crippen LogP) is 10.8. The zero-order chi connectivity index (χ0) is 29.7. The summed E-state index contributed by atoms with van der Waals surface area (Å²) in [6.45, 7) is 0. The Morgan fingerprint density at radius 1 is 0.732 bits per heavy atom. The van der Waals surface area contributed by atoms with E-state index in [0.29, 0.717) is 38.0 Å². The number of thioether (sulfide) groups is 1. The lowest BCUT2D eigenvalue weighted by atomic mass is 10.1. The van der Waals surface area contributed by atoms with E-state index in [-0.39, 0.29) is 21.3 Å². The van der Waals surface area contributed by atoms with Crippen LogP contribution in [-0.4, -0.2) is 17.3 Å². The van der Waals surface area contributed by atoms with Crippen molar-refractivity contribution in [1.29, 1.82) is 0 Å². The number of alkyl halides is 3. The number of nitrogens with one attached hydrogen (secondary N) is 3. The second-order valence-corrected chi connectivity index (χ2v) is 11.0. The summed E-state index contributed by atoms with van der Waals surface area (Å²) in [4.78, 5) is 17.6. The van der Waals surface area contributed by atoms with Crippen molar-refractivity contribution in [3.05, 3.63) is 110 Å². The molecule has 0 aromatic heterocycles. The number of halogens is 7. The highest BCUT2D eigenvalue weighted by atomic mass is 35.5. The van der Waals surface area contributed by atoms with Gasteiger partial charge in [-0.3, -0.25) is 4.79 Å². The summed E-state index contributed by atoms with van der Waals surface area (Å²) in [6, 6.07) is 18.9. The topological polar surface area (TPSA) is 65.5 Å². The largest absolute Gasteiger partial charge is 0.416 e. The number of carbonyl (C=O) groups excluding carboxylic acids is 1. The lowest BCUT2D eigenvalue weighted by molar-refractivity contribution is -0.137. The first-order valence-corrected chi connectivity index (χ1v) is 14.3. The van der Waals surface area contributed by atoms with Gasteiger partial charge in [-0.05, 0) is 79.1 Å². The molecule has 4 aromatic rings. The average molecular weight is 658 g/mol. The molecule has 0 radical (unpaired) electrons. The van der Waals surface area contributed by atoms with Crippen LogP contribution in [0.15, 0.2) is 83.9 Å². The van der Waals surface area contributed by atoms with Crippen molar-refractivity contribution in [1.82, 2.24) is 0 Å². The molecule has 1 amide bonds. The number of hydrogen-bond acceptors (Lipinski definition) is 4. The van der Waals surface area contributed by atoms with Gasteiger partial charge in [0.15, 0.2) is 5.17 Å². The molecule has 0 saturated heterocycles. The standard InChI is InChI=1S/C28H19Cl4F3N4OS/c1-41-27(38-22-10-19(31)9-20(32)11-22)39-25-13-23(36-21-4-2-3-16(7-21)28(33,34)35)12-24(14-25)37-26(40)15-5-17(29)8-18(30)6-15/h2-14,36H,1H3,(H,37,40)(H,38,39). The van der Waals surface area contributed by atoms with E-state index in [1.807, 2.05) is 0 Å². The fraction of sp³-hybridized carbons (Fsp3) is 0.0714. The fourth-order valence-corrected chi connectivity index (χ4v) is 5.11. The van der Waals surface area contributed by atoms with Crippen LogP contribution in [-0.2, 0) is 6.18 Å². The van der Waals surface area contributed by atoms with Crippen LogP contribution in [0.3, 0.4) is 0 Å². The molecule has 41 heavy (non-hydrogen) atoms. The van der Waals surface area contributed by atoms with Crippen molar-refractivity contribution in [2.75, 3.05) is 22.2 Å². The second-order valence-electron chi connectivity index (χ2n) is 8.49. The molecule has 0 saturated carbocycles. The minimum absolute atomic E-state index is 0.191. The maximum atomic E-state index is 13.3. The van der Waals surface area contributed by atoms with Crippen molar-refractivity contribution >= 4 is 97.7 Å². The molecule has 13 heteroatoms. The number of anilines is 4. The molecular weight excluding hydrogens is 639 g/mol. The smallest absolute Gasteiger partial charge is 0.355 e. The van der Waals surface area contributed by atoms with Crippen LogP contribution >= 0.6 is 58.2 Å². The van der Waals surface area contributed by atoms with Crippen molar-refractivity contribution in [2.24, 2.45) is 4.99 Å². The molecule has 4 aromatic carbocycles. The minimum atomic E-state index is -4.51. The molecule has 0 unspecified atom stereocenters. The van der Waals surface area contributed by atoms with Gasteiger partial charge in [-0.2, -0.15) is 13.2 Å². The summed E-state index contributed by atoms with van der Waals surface area (Å²) in [6.07, 6.45) is -2.71. The number of amidine groups is 1. The summed E-state index contributed by atoms with van der Waals surface area (Å²) >= 11 is 25.6. The van der Waals surface area contributed by atoms with Crippen LogP contribution in [0.5, 0.6) is 0 Å². The number of hydrogen-bond donors (Lipinski definition) is 3. The number of benzene rings is 4. The lowest BCUT2D eigenvalue weighted by Crippen LogP contribution is -2.12. The van der Waals surface area contributed by atoms with Gasteiger partial charge < -0.3 is 16.0 Å². The van der Waals surface area contributed by atoms with Crippen molar-refractivity contribution in [3.63, 3.8) is 0 Å². The third-order valence-corrected chi connectivity index (χ3v) is 6.77. The highest BCUT2D eigenvalue weighted by Gasteiger charge is 2.30. The summed E-state index contributed by atoms with van der Waals surface area (Å²) in [5.41, 5.74) is 1.26. The number of rotatable bonds is 6. The van der Waals surface area contributed by atoms with E-state index in [9.17, 15) is 18.0 Å². The SMILES string of the molecule is CSC(=Nc1cc(NC(=O)c2cc(Cl)cc(Cl)c2)cc(Nc2cccc(C(F)(F)F)c2)c1)Nc1cc(Cl)cc(Cl)c1. The number of amides is 1. The van der Waals surface area contributed by atoms with Crippen LogP contribution in [0.1, 0.15) is 15.9 Å². The molecule has 4 rings (SSSR count). The molecule has 0 heterocycles. The zero-order valence-corrected chi connectivity index (χ0v) is 24.8. The van der Waals surface area contributed by atoms with E-state index in [1.54, 1.807) is 42.7 Å². The molecular formula is C28H19Cl4F3N4OS. The van der Waals surface area contributed by atoms with Gasteiger partial charge >= 0.3 is 6.18 Å². The quantitative estimate of drug-likeness (QED) is 0.143. The monoisotopic (exact) mass is 656 g/mol. The van der Waals surface area contributed by atoms with Gasteiger partial charge in [0.2, 0.25) is 0 Å². The third-order valence-electron chi connectivity index (χ3n) is 5.32. The van der Waals surface area contributed by atoms with Gasteiger partial charge in [0.25, 0.3) is 5.91 Å². The lowest BCUT2D eigenvalue weighted by Gasteiger charge is -2.14. The molecule has 0 bridgehead atoms. The van der Waals surface area contributed by atoms with E-state index in [2.05, 4.69) is 20.9 Å². The van der Waals surface area contributed by atoms with E-state index in [4.69, 9.17) is 46.4 Å². The van der Waals surface area contributed by atoms with Gasteiger partial charge in [-0.1, -0.05) is 64.2 Å². The van der Waals surface area contributed by atoms with E-state index in [1.165, 1.54) is 42.1 Å². The molecule has 3 N–H and O–H groups in total. The maximum Gasteiger partial charge on any atom is 0.416 e. The number of nitrogens with zero attached hydrogens (tertiary/aromatic N) is 1. The van der Waals surface area contributed by atoms with Crippen LogP contribution in [0.25, 0.3) is 0 Å². The molecule has 0 aliphatic carbocycles. The molecule has 0 atom stereocenters. The molecule has 0 fully saturated rings. The second kappa shape index (κ2) is 13.3. The van der Waals surface area contributed by atoms with Crippen LogP contribution < -0.4 is 16.0 Å². The number of carbonyl (C=O) groups is 1. The Bertz CT molecular complexity index is 1590. The summed E-state index contributed by atoms with van der Waals surface area (Å²) in [7, 11) is 0. The first-order valence-electron chi connectivity index (χ1n) is 11.6. The van der Waals surface area contributed by atoms with Crippen LogP contribution in [0.4, 0.5) is 41.6 Å².